The zero-order valence-electron chi connectivity index (χ0n) is 12.0. The van der Waals surface area contributed by atoms with Crippen LogP contribution in [0.3, 0.4) is 0 Å². The molecule has 0 spiro atoms. The van der Waals surface area contributed by atoms with E-state index in [1.807, 2.05) is 19.9 Å². The lowest BCUT2D eigenvalue weighted by Gasteiger charge is -2.06. The first-order chi connectivity index (χ1) is 10.2. The summed E-state index contributed by atoms with van der Waals surface area (Å²) in [6.45, 7) is 6.28. The number of nitrogens with zero attached hydrogens (tertiary/aromatic N) is 2. The Kier molecular flexibility index (Phi) is 4.19. The average molecular weight is 319 g/mol. The minimum absolute atomic E-state index is 0.0692. The number of rotatable bonds is 5. The molecule has 1 N–H and O–H groups in total. The molecule has 3 heterocycles. The quantitative estimate of drug-likeness (QED) is 0.736. The molecule has 0 aromatic carbocycles. The Hall–Kier alpha value is -1.50. The summed E-state index contributed by atoms with van der Waals surface area (Å²) in [4.78, 5) is 20.2. The molecule has 0 unspecified atom stereocenters. The van der Waals surface area contributed by atoms with Gasteiger partial charge in [0.05, 0.1) is 11.7 Å². The fourth-order valence-corrected chi connectivity index (χ4v) is 3.92. The lowest BCUT2D eigenvalue weighted by molar-refractivity contribution is 0.585. The third-order valence-electron chi connectivity index (χ3n) is 3.56. The smallest absolute Gasteiger partial charge is 0.262 e. The van der Waals surface area contributed by atoms with Gasteiger partial charge in [-0.3, -0.25) is 9.36 Å². The van der Waals surface area contributed by atoms with Crippen LogP contribution in [0.25, 0.3) is 10.2 Å². The topological polar surface area (TPSA) is 46.9 Å². The molecule has 0 saturated heterocycles. The van der Waals surface area contributed by atoms with E-state index in [4.69, 9.17) is 0 Å². The number of nitrogens with one attached hydrogen (secondary N) is 1. The second kappa shape index (κ2) is 6.09. The van der Waals surface area contributed by atoms with Crippen LogP contribution >= 0.6 is 22.7 Å². The van der Waals surface area contributed by atoms with Crippen molar-refractivity contribution in [1.29, 1.82) is 0 Å². The van der Waals surface area contributed by atoms with Crippen molar-refractivity contribution in [1.82, 2.24) is 14.9 Å². The van der Waals surface area contributed by atoms with Gasteiger partial charge in [-0.2, -0.15) is 0 Å². The van der Waals surface area contributed by atoms with Crippen LogP contribution in [0.2, 0.25) is 0 Å². The lowest BCUT2D eigenvalue weighted by atomic mass is 10.2. The molecule has 0 radical (unpaired) electrons. The van der Waals surface area contributed by atoms with E-state index in [0.29, 0.717) is 6.54 Å². The minimum Gasteiger partial charge on any atom is -0.310 e. The molecule has 3 rings (SSSR count). The predicted molar refractivity (Wildman–Crippen MR) is 89.4 cm³/mol. The van der Waals surface area contributed by atoms with Crippen molar-refractivity contribution < 1.29 is 0 Å². The molecular formula is C15H17N3OS2. The van der Waals surface area contributed by atoms with Crippen LogP contribution in [-0.4, -0.2) is 16.1 Å². The van der Waals surface area contributed by atoms with Crippen molar-refractivity contribution in [3.05, 3.63) is 49.5 Å². The standard InChI is InChI=1S/C15H17N3OS2/c1-10-11(2)21-14-13(10)15(19)18(9-17-14)6-5-16-8-12-4-3-7-20-12/h3-4,7,9,16H,5-6,8H2,1-2H3. The van der Waals surface area contributed by atoms with Crippen molar-refractivity contribution in [3.8, 4) is 0 Å². The Morgan fingerprint density at radius 2 is 2.24 bits per heavy atom. The number of fused-ring (bicyclic) bond motifs is 1. The maximum Gasteiger partial charge on any atom is 0.262 e. The van der Waals surface area contributed by atoms with Crippen molar-refractivity contribution >= 4 is 32.9 Å². The van der Waals surface area contributed by atoms with Crippen molar-refractivity contribution in [2.75, 3.05) is 6.54 Å². The normalized spacial score (nSPS) is 11.3. The van der Waals surface area contributed by atoms with E-state index in [1.54, 1.807) is 33.6 Å². The maximum absolute atomic E-state index is 12.5. The monoisotopic (exact) mass is 319 g/mol. The molecule has 0 saturated carbocycles. The number of hydrogen-bond acceptors (Lipinski definition) is 5. The van der Waals surface area contributed by atoms with Crippen LogP contribution in [0.5, 0.6) is 0 Å². The molecule has 110 valence electrons. The largest absolute Gasteiger partial charge is 0.310 e. The molecule has 0 fully saturated rings. The van der Waals surface area contributed by atoms with E-state index in [1.165, 1.54) is 9.75 Å². The van der Waals surface area contributed by atoms with Crippen molar-refractivity contribution in [2.45, 2.75) is 26.9 Å². The van der Waals surface area contributed by atoms with Gasteiger partial charge in [-0.15, -0.1) is 22.7 Å². The predicted octanol–water partition coefficient (Wildman–Crippen LogP) is 2.93. The first-order valence-corrected chi connectivity index (χ1v) is 8.54. The van der Waals surface area contributed by atoms with Crippen molar-refractivity contribution in [3.63, 3.8) is 0 Å². The highest BCUT2D eigenvalue weighted by molar-refractivity contribution is 7.18. The SMILES string of the molecule is Cc1sc2ncn(CCNCc3cccs3)c(=O)c2c1C. The van der Waals surface area contributed by atoms with Crippen molar-refractivity contribution in [2.24, 2.45) is 0 Å². The zero-order chi connectivity index (χ0) is 14.8. The highest BCUT2D eigenvalue weighted by Gasteiger charge is 2.11. The molecule has 0 atom stereocenters. The lowest BCUT2D eigenvalue weighted by Crippen LogP contribution is -2.27. The van der Waals surface area contributed by atoms with E-state index in [-0.39, 0.29) is 5.56 Å². The summed E-state index contributed by atoms with van der Waals surface area (Å²) in [7, 11) is 0. The summed E-state index contributed by atoms with van der Waals surface area (Å²) < 4.78 is 1.70. The van der Waals surface area contributed by atoms with Gasteiger partial charge in [-0.25, -0.2) is 4.98 Å². The van der Waals surface area contributed by atoms with Gasteiger partial charge in [0.25, 0.3) is 5.56 Å². The van der Waals surface area contributed by atoms with E-state index >= 15 is 0 Å². The van der Waals surface area contributed by atoms with Gasteiger partial charge in [0, 0.05) is 29.4 Å². The van der Waals surface area contributed by atoms with E-state index in [0.717, 1.165) is 28.9 Å². The molecular weight excluding hydrogens is 302 g/mol. The first kappa shape index (κ1) is 14.4. The van der Waals surface area contributed by atoms with Gasteiger partial charge in [0.1, 0.15) is 4.83 Å². The number of hydrogen-bond donors (Lipinski definition) is 1. The van der Waals surface area contributed by atoms with Gasteiger partial charge >= 0.3 is 0 Å². The molecule has 21 heavy (non-hydrogen) atoms. The van der Waals surface area contributed by atoms with E-state index < -0.39 is 0 Å². The van der Waals surface area contributed by atoms with Crippen LogP contribution in [0.1, 0.15) is 15.3 Å². The third kappa shape index (κ3) is 2.92. The Morgan fingerprint density at radius 1 is 1.38 bits per heavy atom. The van der Waals surface area contributed by atoms with Gasteiger partial charge in [0.2, 0.25) is 0 Å². The summed E-state index contributed by atoms with van der Waals surface area (Å²) in [5.41, 5.74) is 1.13. The second-order valence-electron chi connectivity index (χ2n) is 4.96. The Bertz CT molecular complexity index is 802. The van der Waals surface area contributed by atoms with E-state index in [2.05, 4.69) is 21.7 Å². The number of aryl methyl sites for hydroxylation is 2. The summed E-state index contributed by atoms with van der Waals surface area (Å²) in [5.74, 6) is 0. The van der Waals surface area contributed by atoms with Gasteiger partial charge in [-0.05, 0) is 30.9 Å². The molecule has 6 heteroatoms. The molecule has 0 bridgehead atoms. The van der Waals surface area contributed by atoms with Crippen LogP contribution in [0.15, 0.2) is 28.6 Å². The van der Waals surface area contributed by atoms with Crippen LogP contribution in [0, 0.1) is 13.8 Å². The first-order valence-electron chi connectivity index (χ1n) is 6.85. The number of aromatic nitrogens is 2. The average Bonchev–Trinajstić information content (AvgIpc) is 3.07. The molecule has 0 aliphatic carbocycles. The Morgan fingerprint density at radius 3 is 3.00 bits per heavy atom. The Labute approximate surface area is 131 Å². The fourth-order valence-electron chi connectivity index (χ4n) is 2.25. The molecule has 3 aromatic rings. The van der Waals surface area contributed by atoms with Crippen LogP contribution < -0.4 is 10.9 Å². The minimum atomic E-state index is 0.0692. The van der Waals surface area contributed by atoms with Gasteiger partial charge < -0.3 is 5.32 Å². The van der Waals surface area contributed by atoms with E-state index in [9.17, 15) is 4.79 Å². The van der Waals surface area contributed by atoms with Gasteiger partial charge in [0.15, 0.2) is 0 Å². The summed E-state index contributed by atoms with van der Waals surface area (Å²) >= 11 is 3.33. The molecule has 3 aromatic heterocycles. The number of thiophene rings is 2. The van der Waals surface area contributed by atoms with Crippen LogP contribution in [-0.2, 0) is 13.1 Å². The second-order valence-corrected chi connectivity index (χ2v) is 7.20. The zero-order valence-corrected chi connectivity index (χ0v) is 13.7. The molecule has 0 aliphatic heterocycles. The summed E-state index contributed by atoms with van der Waals surface area (Å²) in [6.07, 6.45) is 1.66. The van der Waals surface area contributed by atoms with Crippen LogP contribution in [0.4, 0.5) is 0 Å². The third-order valence-corrected chi connectivity index (χ3v) is 5.56. The molecule has 4 nitrogen and oxygen atoms in total. The fraction of sp³-hybridized carbons (Fsp3) is 0.333. The van der Waals surface area contributed by atoms with Gasteiger partial charge in [-0.1, -0.05) is 6.07 Å². The molecule has 0 aliphatic rings. The Balaban J connectivity index is 1.71. The summed E-state index contributed by atoms with van der Waals surface area (Å²) in [5, 5.41) is 6.20. The maximum atomic E-state index is 12.5. The summed E-state index contributed by atoms with van der Waals surface area (Å²) in [6, 6.07) is 4.15. The highest BCUT2D eigenvalue weighted by Crippen LogP contribution is 2.25. The molecule has 0 amide bonds. The highest BCUT2D eigenvalue weighted by atomic mass is 32.1.